The van der Waals surface area contributed by atoms with Gasteiger partial charge in [-0.3, -0.25) is 0 Å². The third-order valence-corrected chi connectivity index (χ3v) is 2.27. The Balaban J connectivity index is 3.41. The van der Waals surface area contributed by atoms with Gasteiger partial charge in [0.2, 0.25) is 10.0 Å². The van der Waals surface area contributed by atoms with Crippen LogP contribution in [-0.2, 0) is 14.9 Å². The number of nitrogens with zero attached hydrogens (tertiary/aromatic N) is 1. The van der Waals surface area contributed by atoms with Gasteiger partial charge in [-0.1, -0.05) is 11.1 Å². The van der Waals surface area contributed by atoms with Gasteiger partial charge in [-0.15, -0.1) is 0 Å². The molecule has 2 N–H and O–H groups in total. The minimum absolute atomic E-state index is 0.364. The van der Waals surface area contributed by atoms with E-state index in [2.05, 4.69) is 27.0 Å². The Kier molecular flexibility index (Phi) is 8.40. The van der Waals surface area contributed by atoms with E-state index in [9.17, 15) is 8.42 Å². The molecule has 0 heterocycles. The van der Waals surface area contributed by atoms with Crippen LogP contribution in [0.15, 0.2) is 5.16 Å². The Morgan fingerprint density at radius 1 is 1.35 bits per heavy atom. The molecule has 98 valence electrons. The topological polar surface area (TPSA) is 79.8 Å². The highest BCUT2D eigenvalue weighted by molar-refractivity contribution is 7.88. The second-order valence-electron chi connectivity index (χ2n) is 3.30. The lowest BCUT2D eigenvalue weighted by Gasteiger charge is -2.04. The highest BCUT2D eigenvalue weighted by Crippen LogP contribution is 1.79. The molecule has 0 fully saturated rings. The maximum absolute atomic E-state index is 10.7. The van der Waals surface area contributed by atoms with Gasteiger partial charge in [-0.25, -0.2) is 13.1 Å². The quantitative estimate of drug-likeness (QED) is 0.268. The van der Waals surface area contributed by atoms with Crippen molar-refractivity contribution >= 4 is 15.7 Å². The van der Waals surface area contributed by atoms with E-state index < -0.39 is 10.0 Å². The summed E-state index contributed by atoms with van der Waals surface area (Å²) in [6, 6.07) is 0. The number of rotatable bonds is 8. The van der Waals surface area contributed by atoms with E-state index in [1.807, 2.05) is 0 Å². The zero-order valence-electron chi connectivity index (χ0n) is 10.4. The Morgan fingerprint density at radius 2 is 2.06 bits per heavy atom. The molecule has 17 heavy (non-hydrogen) atoms. The smallest absolute Gasteiger partial charge is 0.208 e. The van der Waals surface area contributed by atoms with Crippen molar-refractivity contribution < 1.29 is 13.3 Å². The zero-order chi connectivity index (χ0) is 13.1. The van der Waals surface area contributed by atoms with Crippen molar-refractivity contribution in [1.29, 1.82) is 0 Å². The zero-order valence-corrected chi connectivity index (χ0v) is 11.2. The molecule has 0 aromatic carbocycles. The normalized spacial score (nSPS) is 11.8. The first-order chi connectivity index (χ1) is 7.95. The Hall–Kier alpha value is -1.10. The van der Waals surface area contributed by atoms with Crippen LogP contribution in [0.25, 0.3) is 0 Å². The van der Waals surface area contributed by atoms with E-state index in [0.717, 1.165) is 6.26 Å². The van der Waals surface area contributed by atoms with Crippen molar-refractivity contribution in [1.82, 2.24) is 10.0 Å². The lowest BCUT2D eigenvalue weighted by atomic mass is 10.4. The third kappa shape index (κ3) is 12.8. The van der Waals surface area contributed by atoms with Gasteiger partial charge in [0, 0.05) is 19.6 Å². The lowest BCUT2D eigenvalue weighted by Crippen LogP contribution is -2.32. The molecule has 0 aliphatic heterocycles. The van der Waals surface area contributed by atoms with E-state index in [0.29, 0.717) is 32.0 Å². The molecular formula is C10H19N3O3S. The molecule has 0 saturated heterocycles. The number of hydrogen-bond acceptors (Lipinski definition) is 5. The summed E-state index contributed by atoms with van der Waals surface area (Å²) in [5.41, 5.74) is 0.631. The molecule has 0 unspecified atom stereocenters. The maximum Gasteiger partial charge on any atom is 0.208 e. The Morgan fingerprint density at radius 3 is 2.65 bits per heavy atom. The molecule has 6 nitrogen and oxygen atoms in total. The molecular weight excluding hydrogens is 242 g/mol. The molecule has 0 atom stereocenters. The van der Waals surface area contributed by atoms with Crippen LogP contribution in [0.2, 0.25) is 0 Å². The van der Waals surface area contributed by atoms with Gasteiger partial charge in [-0.2, -0.15) is 0 Å². The summed E-state index contributed by atoms with van der Waals surface area (Å²) in [5.74, 6) is 5.46. The van der Waals surface area contributed by atoms with E-state index in [1.165, 1.54) is 0 Å². The van der Waals surface area contributed by atoms with Crippen LogP contribution in [0.4, 0.5) is 0 Å². The monoisotopic (exact) mass is 261 g/mol. The van der Waals surface area contributed by atoms with Crippen LogP contribution in [-0.4, -0.2) is 46.6 Å². The van der Waals surface area contributed by atoms with Crippen molar-refractivity contribution in [2.45, 2.75) is 13.8 Å². The summed E-state index contributed by atoms with van der Waals surface area (Å²) in [6.07, 6.45) is 1.13. The highest BCUT2D eigenvalue weighted by atomic mass is 32.2. The van der Waals surface area contributed by atoms with Crippen LogP contribution in [0.5, 0.6) is 0 Å². The van der Waals surface area contributed by atoms with Crippen LogP contribution < -0.4 is 10.0 Å². The molecule has 0 aromatic rings. The molecule has 0 amide bonds. The van der Waals surface area contributed by atoms with Crippen LogP contribution >= 0.6 is 0 Å². The Labute approximate surface area is 103 Å². The van der Waals surface area contributed by atoms with Crippen LogP contribution in [0.3, 0.4) is 0 Å². The summed E-state index contributed by atoms with van der Waals surface area (Å²) in [4.78, 5) is 4.98. The van der Waals surface area contributed by atoms with Crippen molar-refractivity contribution in [3.05, 3.63) is 0 Å². The SMILES string of the molecule is CC#C/C(C)=N\OCCNCCNS(C)(=O)=O. The summed E-state index contributed by atoms with van der Waals surface area (Å²) in [6.45, 7) is 5.43. The molecule has 0 aliphatic rings. The van der Waals surface area contributed by atoms with Gasteiger partial charge >= 0.3 is 0 Å². The van der Waals surface area contributed by atoms with E-state index in [-0.39, 0.29) is 0 Å². The number of sulfonamides is 1. The lowest BCUT2D eigenvalue weighted by molar-refractivity contribution is 0.146. The highest BCUT2D eigenvalue weighted by Gasteiger charge is 1.97. The van der Waals surface area contributed by atoms with Crippen molar-refractivity contribution in [3.8, 4) is 11.8 Å². The van der Waals surface area contributed by atoms with Crippen LogP contribution in [0.1, 0.15) is 13.8 Å². The van der Waals surface area contributed by atoms with E-state index >= 15 is 0 Å². The predicted molar refractivity (Wildman–Crippen MR) is 68.2 cm³/mol. The summed E-state index contributed by atoms with van der Waals surface area (Å²) in [5, 5.41) is 6.77. The molecule has 0 aromatic heterocycles. The fourth-order valence-corrected chi connectivity index (χ4v) is 1.39. The fraction of sp³-hybridized carbons (Fsp3) is 0.700. The van der Waals surface area contributed by atoms with E-state index in [1.54, 1.807) is 13.8 Å². The van der Waals surface area contributed by atoms with Gasteiger partial charge in [0.15, 0.2) is 0 Å². The van der Waals surface area contributed by atoms with Crippen molar-refractivity contribution in [3.63, 3.8) is 0 Å². The van der Waals surface area contributed by atoms with Gasteiger partial charge in [0.25, 0.3) is 0 Å². The van der Waals surface area contributed by atoms with Gasteiger partial charge in [-0.05, 0) is 19.8 Å². The molecule has 7 heteroatoms. The molecule has 0 bridgehead atoms. The van der Waals surface area contributed by atoms with Crippen LogP contribution in [0, 0.1) is 11.8 Å². The van der Waals surface area contributed by atoms with E-state index in [4.69, 9.17) is 4.84 Å². The third-order valence-electron chi connectivity index (χ3n) is 1.54. The van der Waals surface area contributed by atoms with Gasteiger partial charge in [0.05, 0.1) is 6.26 Å². The summed E-state index contributed by atoms with van der Waals surface area (Å²) < 4.78 is 23.8. The first-order valence-electron chi connectivity index (χ1n) is 5.20. The second-order valence-corrected chi connectivity index (χ2v) is 5.13. The summed E-state index contributed by atoms with van der Waals surface area (Å²) >= 11 is 0. The average molecular weight is 261 g/mol. The molecule has 0 radical (unpaired) electrons. The van der Waals surface area contributed by atoms with Crippen molar-refractivity contribution in [2.24, 2.45) is 5.16 Å². The van der Waals surface area contributed by atoms with Crippen molar-refractivity contribution in [2.75, 3.05) is 32.5 Å². The second kappa shape index (κ2) is 8.98. The number of hydrogen-bond donors (Lipinski definition) is 2. The number of nitrogens with one attached hydrogen (secondary N) is 2. The summed E-state index contributed by atoms with van der Waals surface area (Å²) in [7, 11) is -3.10. The minimum Gasteiger partial charge on any atom is -0.394 e. The fourth-order valence-electron chi connectivity index (χ4n) is 0.914. The van der Waals surface area contributed by atoms with Gasteiger partial charge in [0.1, 0.15) is 12.3 Å². The Bertz CT molecular complexity index is 393. The first-order valence-corrected chi connectivity index (χ1v) is 7.09. The predicted octanol–water partition coefficient (Wildman–Crippen LogP) is -0.459. The number of oxime groups is 1. The molecule has 0 rings (SSSR count). The average Bonchev–Trinajstić information content (AvgIpc) is 2.21. The molecule has 0 spiro atoms. The maximum atomic E-state index is 10.7. The first kappa shape index (κ1) is 15.9. The van der Waals surface area contributed by atoms with Gasteiger partial charge < -0.3 is 10.2 Å². The largest absolute Gasteiger partial charge is 0.394 e. The standard InChI is InChI=1S/C10H19N3O3S/c1-4-5-10(2)13-16-9-8-11-6-7-12-17(3,14)15/h11-12H,6-9H2,1-3H3/b13-10-. The molecule has 0 aliphatic carbocycles. The minimum atomic E-state index is -3.10. The molecule has 0 saturated carbocycles.